The maximum Gasteiger partial charge on any atom is 0.247 e. The monoisotopic (exact) mass is 453 g/mol. The molecule has 0 aliphatic heterocycles. The summed E-state index contributed by atoms with van der Waals surface area (Å²) in [6.45, 7) is 1.92. The van der Waals surface area contributed by atoms with E-state index >= 15 is 0 Å². The van der Waals surface area contributed by atoms with E-state index in [0.717, 1.165) is 43.4 Å². The van der Waals surface area contributed by atoms with Gasteiger partial charge < -0.3 is 15.0 Å². The second-order valence-electron chi connectivity index (χ2n) is 8.44. The first-order valence-corrected chi connectivity index (χ1v) is 11.0. The molecule has 1 saturated carbocycles. The lowest BCUT2D eigenvalue weighted by molar-refractivity contribution is -0.121. The number of rotatable bonds is 6. The lowest BCUT2D eigenvalue weighted by atomic mass is 9.73. The van der Waals surface area contributed by atoms with Crippen molar-refractivity contribution in [3.05, 3.63) is 82.4 Å². The summed E-state index contributed by atoms with van der Waals surface area (Å²) < 4.78 is 32.2. The third-order valence-corrected chi connectivity index (χ3v) is 6.22. The second kappa shape index (κ2) is 9.94. The molecule has 2 N–H and O–H groups in total. The minimum Gasteiger partial charge on any atom is -0.453 e. The van der Waals surface area contributed by atoms with Crippen LogP contribution in [0.25, 0.3) is 0 Å². The van der Waals surface area contributed by atoms with Crippen LogP contribution in [0.15, 0.2) is 59.7 Å². The third kappa shape index (κ3) is 5.63. The van der Waals surface area contributed by atoms with Gasteiger partial charge in [-0.1, -0.05) is 19.4 Å². The predicted molar refractivity (Wildman–Crippen MR) is 120 cm³/mol. The number of aromatic amines is 1. The first-order valence-electron chi connectivity index (χ1n) is 11.0. The van der Waals surface area contributed by atoms with Crippen LogP contribution in [0.2, 0.25) is 0 Å². The molecule has 3 atom stereocenters. The van der Waals surface area contributed by atoms with Gasteiger partial charge in [0, 0.05) is 24.2 Å². The summed E-state index contributed by atoms with van der Waals surface area (Å²) in [4.78, 5) is 31.1. The standard InChI is InChI=1S/C25H25F2N3O3/c1-15(16-3-2-4-17(11-16)18-5-10-24(31)29-13-18)25(32)30-23-9-7-20(14-28-23)33-22-8-6-19(26)12-21(22)27/h5-10,12-17H,2-4,11H2,1H3,(H,29,31)(H,28,30,32)/t15-,16+,17-/m1/s1. The summed E-state index contributed by atoms with van der Waals surface area (Å²) in [5.74, 6) is -0.763. The van der Waals surface area contributed by atoms with Gasteiger partial charge in [0.15, 0.2) is 11.6 Å². The van der Waals surface area contributed by atoms with Crippen LogP contribution >= 0.6 is 0 Å². The van der Waals surface area contributed by atoms with E-state index in [1.807, 2.05) is 13.0 Å². The quantitative estimate of drug-likeness (QED) is 0.524. The van der Waals surface area contributed by atoms with Crippen LogP contribution in [0.4, 0.5) is 14.6 Å². The molecule has 0 spiro atoms. The number of nitrogens with one attached hydrogen (secondary N) is 2. The average molecular weight is 453 g/mol. The van der Waals surface area contributed by atoms with Gasteiger partial charge in [0.1, 0.15) is 17.4 Å². The van der Waals surface area contributed by atoms with Crippen molar-refractivity contribution in [1.82, 2.24) is 9.97 Å². The van der Waals surface area contributed by atoms with Gasteiger partial charge in [-0.05, 0) is 60.9 Å². The zero-order valence-electron chi connectivity index (χ0n) is 18.2. The molecular weight excluding hydrogens is 428 g/mol. The normalized spacial score (nSPS) is 19.0. The van der Waals surface area contributed by atoms with Crippen LogP contribution in [0.1, 0.15) is 44.1 Å². The molecule has 4 rings (SSSR count). The van der Waals surface area contributed by atoms with Crippen molar-refractivity contribution in [3.63, 3.8) is 0 Å². The number of anilines is 1. The smallest absolute Gasteiger partial charge is 0.247 e. The number of carbonyl (C=O) groups excluding carboxylic acids is 1. The van der Waals surface area contributed by atoms with Gasteiger partial charge in [-0.2, -0.15) is 0 Å². The number of ether oxygens (including phenoxy) is 1. The first-order chi connectivity index (χ1) is 15.9. The number of benzene rings is 1. The van der Waals surface area contributed by atoms with E-state index in [-0.39, 0.29) is 34.8 Å². The molecule has 2 heterocycles. The summed E-state index contributed by atoms with van der Waals surface area (Å²) in [5, 5.41) is 2.83. The summed E-state index contributed by atoms with van der Waals surface area (Å²) in [7, 11) is 0. The summed E-state index contributed by atoms with van der Waals surface area (Å²) >= 11 is 0. The number of halogens is 2. The highest BCUT2D eigenvalue weighted by molar-refractivity contribution is 5.91. The number of carbonyl (C=O) groups is 1. The molecule has 0 radical (unpaired) electrons. The molecule has 2 aromatic heterocycles. The number of pyridine rings is 2. The van der Waals surface area contributed by atoms with Crippen molar-refractivity contribution in [1.29, 1.82) is 0 Å². The molecule has 0 unspecified atom stereocenters. The first kappa shape index (κ1) is 22.6. The number of hydrogen-bond acceptors (Lipinski definition) is 4. The predicted octanol–water partition coefficient (Wildman–Crippen LogP) is 5.39. The number of aromatic nitrogens is 2. The average Bonchev–Trinajstić information content (AvgIpc) is 2.82. The van der Waals surface area contributed by atoms with Gasteiger partial charge in [0.25, 0.3) is 0 Å². The Morgan fingerprint density at radius 2 is 2.03 bits per heavy atom. The summed E-state index contributed by atoms with van der Waals surface area (Å²) in [5.41, 5.74) is 0.979. The summed E-state index contributed by atoms with van der Waals surface area (Å²) in [6, 6.07) is 9.59. The Bertz CT molecular complexity index is 1160. The molecule has 3 aromatic rings. The maximum atomic E-state index is 13.7. The molecule has 0 saturated heterocycles. The Morgan fingerprint density at radius 3 is 2.73 bits per heavy atom. The van der Waals surface area contributed by atoms with E-state index < -0.39 is 11.6 Å². The van der Waals surface area contributed by atoms with Gasteiger partial charge in [-0.25, -0.2) is 13.8 Å². The molecule has 8 heteroatoms. The van der Waals surface area contributed by atoms with Crippen molar-refractivity contribution < 1.29 is 18.3 Å². The lowest BCUT2D eigenvalue weighted by Crippen LogP contribution is -2.30. The highest BCUT2D eigenvalue weighted by Crippen LogP contribution is 2.39. The molecule has 1 fully saturated rings. The van der Waals surface area contributed by atoms with Crippen LogP contribution < -0.4 is 15.6 Å². The number of H-pyrrole nitrogens is 1. The van der Waals surface area contributed by atoms with E-state index in [1.54, 1.807) is 24.4 Å². The van der Waals surface area contributed by atoms with E-state index in [0.29, 0.717) is 11.7 Å². The Labute approximate surface area is 190 Å². The van der Waals surface area contributed by atoms with Gasteiger partial charge in [-0.3, -0.25) is 9.59 Å². The van der Waals surface area contributed by atoms with E-state index in [4.69, 9.17) is 4.74 Å². The van der Waals surface area contributed by atoms with Gasteiger partial charge in [0.2, 0.25) is 11.5 Å². The molecule has 0 bridgehead atoms. The van der Waals surface area contributed by atoms with Crippen molar-refractivity contribution in [3.8, 4) is 11.5 Å². The molecule has 1 aromatic carbocycles. The number of hydrogen-bond donors (Lipinski definition) is 2. The largest absolute Gasteiger partial charge is 0.453 e. The number of nitrogens with zero attached hydrogens (tertiary/aromatic N) is 1. The van der Waals surface area contributed by atoms with Gasteiger partial charge in [0.05, 0.1) is 6.20 Å². The third-order valence-electron chi connectivity index (χ3n) is 6.22. The molecule has 33 heavy (non-hydrogen) atoms. The van der Waals surface area contributed by atoms with E-state index in [1.165, 1.54) is 12.3 Å². The molecular formula is C25H25F2N3O3. The van der Waals surface area contributed by atoms with Crippen LogP contribution in [-0.2, 0) is 4.79 Å². The Balaban J connectivity index is 1.35. The SMILES string of the molecule is C[C@@H](C(=O)Nc1ccc(Oc2ccc(F)cc2F)cn1)[C@H]1CCC[C@@H](c2ccc(=O)[nH]c2)C1. The van der Waals surface area contributed by atoms with Gasteiger partial charge >= 0.3 is 0 Å². The second-order valence-corrected chi connectivity index (χ2v) is 8.44. The fourth-order valence-corrected chi connectivity index (χ4v) is 4.31. The van der Waals surface area contributed by atoms with E-state index in [9.17, 15) is 18.4 Å². The zero-order valence-corrected chi connectivity index (χ0v) is 18.2. The number of amides is 1. The molecule has 1 amide bonds. The molecule has 1 aliphatic rings. The van der Waals surface area contributed by atoms with Crippen molar-refractivity contribution >= 4 is 11.7 Å². The van der Waals surface area contributed by atoms with Crippen LogP contribution in [0.5, 0.6) is 11.5 Å². The Kier molecular flexibility index (Phi) is 6.82. The minimum absolute atomic E-state index is 0.113. The van der Waals surface area contributed by atoms with Crippen LogP contribution in [0.3, 0.4) is 0 Å². The van der Waals surface area contributed by atoms with Crippen molar-refractivity contribution in [2.24, 2.45) is 11.8 Å². The fourth-order valence-electron chi connectivity index (χ4n) is 4.31. The Morgan fingerprint density at radius 1 is 1.18 bits per heavy atom. The highest BCUT2D eigenvalue weighted by Gasteiger charge is 2.30. The lowest BCUT2D eigenvalue weighted by Gasteiger charge is -2.32. The minimum atomic E-state index is -0.811. The molecule has 172 valence electrons. The van der Waals surface area contributed by atoms with Crippen molar-refractivity contribution in [2.45, 2.75) is 38.5 Å². The maximum absolute atomic E-state index is 13.7. The summed E-state index contributed by atoms with van der Waals surface area (Å²) in [6.07, 6.45) is 7.05. The van der Waals surface area contributed by atoms with Gasteiger partial charge in [-0.15, -0.1) is 0 Å². The van der Waals surface area contributed by atoms with Crippen LogP contribution in [-0.4, -0.2) is 15.9 Å². The highest BCUT2D eigenvalue weighted by atomic mass is 19.1. The van der Waals surface area contributed by atoms with E-state index in [2.05, 4.69) is 15.3 Å². The molecule has 1 aliphatic carbocycles. The van der Waals surface area contributed by atoms with Crippen LogP contribution in [0, 0.1) is 23.5 Å². The molecule has 6 nitrogen and oxygen atoms in total. The topological polar surface area (TPSA) is 84.1 Å². The van der Waals surface area contributed by atoms with Crippen molar-refractivity contribution in [2.75, 3.05) is 5.32 Å². The fraction of sp³-hybridized carbons (Fsp3) is 0.320. The zero-order chi connectivity index (χ0) is 23.4. The Hall–Kier alpha value is -3.55.